The van der Waals surface area contributed by atoms with E-state index in [0.29, 0.717) is 18.2 Å². The van der Waals surface area contributed by atoms with Gasteiger partial charge in [0, 0.05) is 12.7 Å². The molecule has 5 heteroatoms. The molecule has 2 aromatic rings. The maximum absolute atomic E-state index is 7.00. The van der Waals surface area contributed by atoms with Gasteiger partial charge in [-0.3, -0.25) is 0 Å². The lowest BCUT2D eigenvalue weighted by molar-refractivity contribution is 0.309. The number of methoxy groups -OCH3 is 1. The average molecular weight is 413 g/mol. The number of allylic oxidation sites excluding steroid dienone is 3. The maximum atomic E-state index is 7.00. The molecule has 0 bridgehead atoms. The largest absolute Gasteiger partial charge is 0.497 e. The standard InChI is InChI=1S/C23H28N2OS.CH4O/c1-5-7-19(14-24)17-8-10-20-18(13-17)9-11-21-22(20)27-23(25-21)16(6-2)12-15(3)26-4;1-2/h6,8,10,12-13,19H,2-3,5,7,9,11,14,24H2,1,4H3;2H,1H3/b16-12+;. The number of thiazole rings is 1. The number of fused-ring (bicyclic) bond motifs is 3. The summed E-state index contributed by atoms with van der Waals surface area (Å²) in [6.45, 7) is 10.7. The molecule has 1 aliphatic rings. The molecule has 1 unspecified atom stereocenters. The van der Waals surface area contributed by atoms with Crippen molar-refractivity contribution in [2.75, 3.05) is 20.8 Å². The van der Waals surface area contributed by atoms with Gasteiger partial charge in [-0.25, -0.2) is 4.98 Å². The Morgan fingerprint density at radius 2 is 2.14 bits per heavy atom. The fourth-order valence-corrected chi connectivity index (χ4v) is 4.80. The fraction of sp³-hybridized carbons (Fsp3) is 0.375. The number of hydrogen-bond donors (Lipinski definition) is 2. The number of aliphatic hydroxyl groups excluding tert-OH is 1. The Bertz CT molecular complexity index is 883. The molecule has 0 spiro atoms. The third-order valence-corrected chi connectivity index (χ3v) is 6.32. The van der Waals surface area contributed by atoms with Crippen molar-refractivity contribution in [1.29, 1.82) is 0 Å². The van der Waals surface area contributed by atoms with E-state index in [1.807, 2.05) is 12.2 Å². The van der Waals surface area contributed by atoms with Crippen LogP contribution in [0.25, 0.3) is 16.0 Å². The first-order valence-corrected chi connectivity index (χ1v) is 10.8. The Hall–Kier alpha value is -2.21. The summed E-state index contributed by atoms with van der Waals surface area (Å²) in [4.78, 5) is 6.15. The molecular formula is C24H32N2O2S. The maximum Gasteiger partial charge on any atom is 0.124 e. The van der Waals surface area contributed by atoms with Crippen LogP contribution in [0.4, 0.5) is 0 Å². The number of nitrogens with zero attached hydrogens (tertiary/aromatic N) is 1. The van der Waals surface area contributed by atoms with Crippen molar-refractivity contribution in [2.45, 2.75) is 38.5 Å². The molecule has 0 fully saturated rings. The topological polar surface area (TPSA) is 68.4 Å². The van der Waals surface area contributed by atoms with Crippen LogP contribution in [0.5, 0.6) is 0 Å². The van der Waals surface area contributed by atoms with Gasteiger partial charge in [-0.05, 0) is 54.5 Å². The van der Waals surface area contributed by atoms with Crippen molar-refractivity contribution in [2.24, 2.45) is 5.73 Å². The van der Waals surface area contributed by atoms with Crippen LogP contribution in [0.3, 0.4) is 0 Å². The molecular weight excluding hydrogens is 380 g/mol. The van der Waals surface area contributed by atoms with E-state index < -0.39 is 0 Å². The second-order valence-corrected chi connectivity index (χ2v) is 7.91. The minimum absolute atomic E-state index is 0.453. The summed E-state index contributed by atoms with van der Waals surface area (Å²) in [7, 11) is 2.62. The van der Waals surface area contributed by atoms with Crippen molar-refractivity contribution in [3.63, 3.8) is 0 Å². The minimum Gasteiger partial charge on any atom is -0.497 e. The second-order valence-electron chi connectivity index (χ2n) is 6.91. The van der Waals surface area contributed by atoms with Crippen LogP contribution < -0.4 is 5.73 Å². The molecule has 1 aliphatic carbocycles. The number of ether oxygens (including phenoxy) is 1. The summed E-state index contributed by atoms with van der Waals surface area (Å²) in [5.41, 5.74) is 12.2. The number of benzene rings is 1. The molecule has 0 saturated heterocycles. The summed E-state index contributed by atoms with van der Waals surface area (Å²) in [6.07, 6.45) is 8.00. The lowest BCUT2D eigenvalue weighted by Crippen LogP contribution is -2.13. The van der Waals surface area contributed by atoms with E-state index in [2.05, 4.69) is 38.3 Å². The predicted molar refractivity (Wildman–Crippen MR) is 124 cm³/mol. The Balaban J connectivity index is 0.00000145. The van der Waals surface area contributed by atoms with E-state index in [-0.39, 0.29) is 0 Å². The van der Waals surface area contributed by atoms with Gasteiger partial charge in [-0.15, -0.1) is 11.3 Å². The molecule has 156 valence electrons. The van der Waals surface area contributed by atoms with E-state index in [4.69, 9.17) is 20.6 Å². The van der Waals surface area contributed by atoms with Gasteiger partial charge < -0.3 is 15.6 Å². The van der Waals surface area contributed by atoms with E-state index in [0.717, 1.165) is 43.4 Å². The molecule has 0 amide bonds. The van der Waals surface area contributed by atoms with Gasteiger partial charge in [0.2, 0.25) is 0 Å². The van der Waals surface area contributed by atoms with Gasteiger partial charge in [0.15, 0.2) is 0 Å². The average Bonchev–Trinajstić information content (AvgIpc) is 3.21. The Morgan fingerprint density at radius 3 is 2.76 bits per heavy atom. The Labute approximate surface area is 178 Å². The summed E-state index contributed by atoms with van der Waals surface area (Å²) in [6, 6.07) is 6.87. The smallest absolute Gasteiger partial charge is 0.124 e. The van der Waals surface area contributed by atoms with E-state index in [1.54, 1.807) is 18.4 Å². The van der Waals surface area contributed by atoms with Crippen LogP contribution in [0.2, 0.25) is 0 Å². The number of hydrogen-bond acceptors (Lipinski definition) is 5. The Morgan fingerprint density at radius 1 is 1.38 bits per heavy atom. The lowest BCUT2D eigenvalue weighted by atomic mass is 9.87. The minimum atomic E-state index is 0.453. The highest BCUT2D eigenvalue weighted by atomic mass is 32.1. The summed E-state index contributed by atoms with van der Waals surface area (Å²) < 4.78 is 5.18. The van der Waals surface area contributed by atoms with Crippen LogP contribution in [0.1, 0.15) is 47.5 Å². The van der Waals surface area contributed by atoms with Crippen molar-refractivity contribution in [1.82, 2.24) is 4.98 Å². The van der Waals surface area contributed by atoms with Gasteiger partial charge >= 0.3 is 0 Å². The number of rotatable bonds is 8. The SMILES string of the molecule is C=C/C(=C\C(=C)OC)c1nc2c(s1)-c1ccc(C(CN)CCC)cc1CC2.CO. The van der Waals surface area contributed by atoms with Crippen molar-refractivity contribution in [3.8, 4) is 10.4 Å². The van der Waals surface area contributed by atoms with Gasteiger partial charge in [0.1, 0.15) is 10.8 Å². The molecule has 1 aromatic carbocycles. The highest BCUT2D eigenvalue weighted by Gasteiger charge is 2.22. The fourth-order valence-electron chi connectivity index (χ4n) is 3.61. The summed E-state index contributed by atoms with van der Waals surface area (Å²) in [5.74, 6) is 1.06. The van der Waals surface area contributed by atoms with Gasteiger partial charge in [-0.1, -0.05) is 50.8 Å². The zero-order chi connectivity index (χ0) is 21.4. The summed E-state index contributed by atoms with van der Waals surface area (Å²) in [5, 5.41) is 7.97. The number of aliphatic hydroxyl groups is 1. The molecule has 4 nitrogen and oxygen atoms in total. The van der Waals surface area contributed by atoms with E-state index in [9.17, 15) is 0 Å². The first kappa shape index (κ1) is 23.1. The van der Waals surface area contributed by atoms with Crippen LogP contribution in [0, 0.1) is 0 Å². The van der Waals surface area contributed by atoms with Gasteiger partial charge in [0.25, 0.3) is 0 Å². The molecule has 1 aromatic heterocycles. The van der Waals surface area contributed by atoms with Crippen molar-refractivity contribution < 1.29 is 9.84 Å². The van der Waals surface area contributed by atoms with Crippen LogP contribution in [-0.2, 0) is 17.6 Å². The zero-order valence-corrected chi connectivity index (χ0v) is 18.5. The summed E-state index contributed by atoms with van der Waals surface area (Å²) >= 11 is 1.72. The number of aryl methyl sites for hydroxylation is 2. The van der Waals surface area contributed by atoms with E-state index in [1.165, 1.54) is 27.3 Å². The third kappa shape index (κ3) is 5.24. The predicted octanol–water partition coefficient (Wildman–Crippen LogP) is 5.09. The van der Waals surface area contributed by atoms with Gasteiger partial charge in [-0.2, -0.15) is 0 Å². The molecule has 0 radical (unpaired) electrons. The lowest BCUT2D eigenvalue weighted by Gasteiger charge is -2.20. The number of aromatic nitrogens is 1. The first-order valence-electron chi connectivity index (χ1n) is 9.96. The first-order chi connectivity index (χ1) is 14.1. The normalized spacial score (nSPS) is 13.5. The number of nitrogens with two attached hydrogens (primary N) is 1. The molecule has 0 aliphatic heterocycles. The molecule has 29 heavy (non-hydrogen) atoms. The highest BCUT2D eigenvalue weighted by Crippen LogP contribution is 2.41. The van der Waals surface area contributed by atoms with Crippen molar-refractivity contribution in [3.05, 3.63) is 71.1 Å². The van der Waals surface area contributed by atoms with Crippen LogP contribution >= 0.6 is 11.3 Å². The third-order valence-electron chi connectivity index (χ3n) is 5.14. The molecule has 1 heterocycles. The molecule has 3 rings (SSSR count). The zero-order valence-electron chi connectivity index (χ0n) is 17.7. The second kappa shape index (κ2) is 11.1. The quantitative estimate of drug-likeness (QED) is 0.468. The van der Waals surface area contributed by atoms with Crippen LogP contribution in [-0.4, -0.2) is 30.9 Å². The molecule has 1 atom stereocenters. The van der Waals surface area contributed by atoms with Gasteiger partial charge in [0.05, 0.1) is 17.7 Å². The van der Waals surface area contributed by atoms with Crippen molar-refractivity contribution >= 4 is 16.9 Å². The monoisotopic (exact) mass is 412 g/mol. The molecule has 3 N–H and O–H groups in total. The molecule has 0 saturated carbocycles. The highest BCUT2D eigenvalue weighted by molar-refractivity contribution is 7.16. The van der Waals surface area contributed by atoms with E-state index >= 15 is 0 Å². The van der Waals surface area contributed by atoms with Crippen LogP contribution in [0.15, 0.2) is 49.3 Å². The Kier molecular flexibility index (Phi) is 8.83.